The number of Topliss-reactive ketones (excluding diaryl/α,β-unsaturated/α-hetero) is 1. The van der Waals surface area contributed by atoms with Gasteiger partial charge in [0.05, 0.1) is 18.1 Å². The van der Waals surface area contributed by atoms with Crippen LogP contribution in [-0.4, -0.2) is 29.8 Å². The van der Waals surface area contributed by atoms with Crippen LogP contribution in [0, 0.1) is 17.8 Å². The maximum absolute atomic E-state index is 12.1. The molecule has 0 saturated carbocycles. The summed E-state index contributed by atoms with van der Waals surface area (Å²) >= 11 is 0. The number of rotatable bonds is 7. The molecule has 1 N–H and O–H groups in total. The van der Waals surface area contributed by atoms with Crippen LogP contribution >= 0.6 is 0 Å². The molecule has 5 heteroatoms. The van der Waals surface area contributed by atoms with E-state index in [1.807, 2.05) is 13.8 Å². The first kappa shape index (κ1) is 18.6. The van der Waals surface area contributed by atoms with Gasteiger partial charge in [-0.1, -0.05) is 27.7 Å². The van der Waals surface area contributed by atoms with Crippen LogP contribution in [0.2, 0.25) is 0 Å². The first-order valence-corrected chi connectivity index (χ1v) is 7.09. The molecule has 0 aromatic carbocycles. The predicted molar refractivity (Wildman–Crippen MR) is 77.0 cm³/mol. The summed E-state index contributed by atoms with van der Waals surface area (Å²) in [6, 6.07) is -0.515. The second kappa shape index (κ2) is 8.02. The summed E-state index contributed by atoms with van der Waals surface area (Å²) in [4.78, 5) is 35.4. The van der Waals surface area contributed by atoms with Crippen molar-refractivity contribution in [2.75, 3.05) is 0 Å². The third-order valence-corrected chi connectivity index (χ3v) is 3.29. The number of carbonyl (C=O) groups excluding carboxylic acids is 3. The lowest BCUT2D eigenvalue weighted by molar-refractivity contribution is -0.155. The molecule has 0 spiro atoms. The molecule has 1 amide bonds. The predicted octanol–water partition coefficient (Wildman–Crippen LogP) is 1.94. The van der Waals surface area contributed by atoms with Crippen LogP contribution in [0.4, 0.5) is 0 Å². The van der Waals surface area contributed by atoms with Crippen molar-refractivity contribution in [3.05, 3.63) is 0 Å². The summed E-state index contributed by atoms with van der Waals surface area (Å²) in [5.74, 6) is -1.85. The molecular weight excluding hydrogens is 258 g/mol. The van der Waals surface area contributed by atoms with Gasteiger partial charge in [-0.15, -0.1) is 0 Å². The second-order valence-corrected chi connectivity index (χ2v) is 5.90. The zero-order chi connectivity index (χ0) is 16.0. The largest absolute Gasteiger partial charge is 0.463 e. The number of ether oxygens (including phenoxy) is 1. The molecule has 20 heavy (non-hydrogen) atoms. The lowest BCUT2D eigenvalue weighted by Crippen LogP contribution is -2.47. The molecule has 3 unspecified atom stereocenters. The molecule has 0 rings (SSSR count). The summed E-state index contributed by atoms with van der Waals surface area (Å²) in [6.45, 7) is 12.0. The molecule has 0 aliphatic heterocycles. The second-order valence-electron chi connectivity index (χ2n) is 5.90. The number of esters is 1. The third-order valence-electron chi connectivity index (χ3n) is 3.29. The van der Waals surface area contributed by atoms with Crippen LogP contribution in [0.25, 0.3) is 0 Å². The van der Waals surface area contributed by atoms with Crippen molar-refractivity contribution in [2.45, 2.75) is 60.6 Å². The first-order chi connectivity index (χ1) is 9.07. The molecule has 0 heterocycles. The van der Waals surface area contributed by atoms with Crippen LogP contribution in [0.5, 0.6) is 0 Å². The van der Waals surface area contributed by atoms with E-state index in [4.69, 9.17) is 4.74 Å². The molecule has 116 valence electrons. The smallest absolute Gasteiger partial charge is 0.309 e. The van der Waals surface area contributed by atoms with Crippen molar-refractivity contribution in [3.8, 4) is 0 Å². The maximum Gasteiger partial charge on any atom is 0.309 e. The Hall–Kier alpha value is -1.39. The molecular formula is C15H27NO4. The Bertz CT molecular complexity index is 363. The topological polar surface area (TPSA) is 72.5 Å². The average molecular weight is 285 g/mol. The summed E-state index contributed by atoms with van der Waals surface area (Å²) < 4.78 is 5.10. The molecule has 0 saturated heterocycles. The Morgan fingerprint density at radius 2 is 1.40 bits per heavy atom. The zero-order valence-corrected chi connectivity index (χ0v) is 13.5. The Morgan fingerprint density at radius 3 is 1.75 bits per heavy atom. The number of hydrogen-bond donors (Lipinski definition) is 1. The number of carbonyl (C=O) groups is 3. The van der Waals surface area contributed by atoms with Crippen LogP contribution in [-0.2, 0) is 19.1 Å². The minimum atomic E-state index is -0.544. The SMILES string of the molecule is CC(=O)C(NC(=O)C(C)C(C)C(=O)OC(C)C)C(C)C. The molecule has 0 bridgehead atoms. The molecule has 0 aromatic heterocycles. The van der Waals surface area contributed by atoms with E-state index >= 15 is 0 Å². The number of ketones is 1. The number of amides is 1. The fraction of sp³-hybridized carbons (Fsp3) is 0.800. The highest BCUT2D eigenvalue weighted by atomic mass is 16.5. The fourth-order valence-electron chi connectivity index (χ4n) is 1.79. The van der Waals surface area contributed by atoms with Gasteiger partial charge in [-0.3, -0.25) is 14.4 Å². The van der Waals surface area contributed by atoms with Gasteiger partial charge in [0.2, 0.25) is 5.91 Å². The van der Waals surface area contributed by atoms with E-state index in [-0.39, 0.29) is 23.7 Å². The highest BCUT2D eigenvalue weighted by molar-refractivity contribution is 5.90. The number of hydrogen-bond acceptors (Lipinski definition) is 4. The average Bonchev–Trinajstić information content (AvgIpc) is 2.31. The Labute approximate surface area is 121 Å². The molecule has 5 nitrogen and oxygen atoms in total. The van der Waals surface area contributed by atoms with Crippen molar-refractivity contribution in [1.82, 2.24) is 5.32 Å². The van der Waals surface area contributed by atoms with Gasteiger partial charge >= 0.3 is 5.97 Å². The van der Waals surface area contributed by atoms with Gasteiger partial charge in [-0.05, 0) is 26.7 Å². The molecule has 0 fully saturated rings. The van der Waals surface area contributed by atoms with Crippen molar-refractivity contribution in [3.63, 3.8) is 0 Å². The minimum Gasteiger partial charge on any atom is -0.463 e. The van der Waals surface area contributed by atoms with Crippen molar-refractivity contribution < 1.29 is 19.1 Å². The highest BCUT2D eigenvalue weighted by Crippen LogP contribution is 2.15. The Kier molecular flexibility index (Phi) is 7.46. The van der Waals surface area contributed by atoms with Gasteiger partial charge in [0, 0.05) is 5.92 Å². The standard InChI is InChI=1S/C15H27NO4/c1-8(2)13(12(7)17)16-14(18)10(5)11(6)15(19)20-9(3)4/h8-11,13H,1-7H3,(H,16,18). The molecule has 0 aliphatic carbocycles. The lowest BCUT2D eigenvalue weighted by Gasteiger charge is -2.24. The van der Waals surface area contributed by atoms with Crippen molar-refractivity contribution >= 4 is 17.7 Å². The minimum absolute atomic E-state index is 0.0153. The van der Waals surface area contributed by atoms with E-state index < -0.39 is 23.8 Å². The summed E-state index contributed by atoms with van der Waals surface area (Å²) in [5, 5.41) is 2.71. The van der Waals surface area contributed by atoms with Crippen molar-refractivity contribution in [1.29, 1.82) is 0 Å². The summed E-state index contributed by atoms with van der Waals surface area (Å²) in [5.41, 5.74) is 0. The molecule has 0 aliphatic rings. The van der Waals surface area contributed by atoms with Gasteiger partial charge in [0.1, 0.15) is 0 Å². The summed E-state index contributed by atoms with van der Waals surface area (Å²) in [7, 11) is 0. The monoisotopic (exact) mass is 285 g/mol. The van der Waals surface area contributed by atoms with Gasteiger partial charge in [-0.25, -0.2) is 0 Å². The molecule has 0 radical (unpaired) electrons. The Balaban J connectivity index is 4.68. The van der Waals surface area contributed by atoms with Gasteiger partial charge in [0.25, 0.3) is 0 Å². The molecule has 0 aromatic rings. The van der Waals surface area contributed by atoms with Crippen LogP contribution in [0.1, 0.15) is 48.5 Å². The summed E-state index contributed by atoms with van der Waals surface area (Å²) in [6.07, 6.45) is -0.208. The first-order valence-electron chi connectivity index (χ1n) is 7.09. The fourth-order valence-corrected chi connectivity index (χ4v) is 1.79. The van der Waals surface area contributed by atoms with Crippen LogP contribution < -0.4 is 5.32 Å². The van der Waals surface area contributed by atoms with E-state index in [1.165, 1.54) is 6.92 Å². The Morgan fingerprint density at radius 1 is 0.900 bits per heavy atom. The van der Waals surface area contributed by atoms with E-state index in [0.29, 0.717) is 0 Å². The maximum atomic E-state index is 12.1. The van der Waals surface area contributed by atoms with Crippen LogP contribution in [0.3, 0.4) is 0 Å². The number of nitrogens with one attached hydrogen (secondary N) is 1. The van der Waals surface area contributed by atoms with E-state index in [0.717, 1.165) is 0 Å². The van der Waals surface area contributed by atoms with Crippen LogP contribution in [0.15, 0.2) is 0 Å². The van der Waals surface area contributed by atoms with E-state index in [2.05, 4.69) is 5.32 Å². The van der Waals surface area contributed by atoms with E-state index in [1.54, 1.807) is 27.7 Å². The lowest BCUT2D eigenvalue weighted by atomic mass is 9.93. The highest BCUT2D eigenvalue weighted by Gasteiger charge is 2.30. The normalized spacial score (nSPS) is 15.7. The van der Waals surface area contributed by atoms with E-state index in [9.17, 15) is 14.4 Å². The van der Waals surface area contributed by atoms with Gasteiger partial charge in [-0.2, -0.15) is 0 Å². The zero-order valence-electron chi connectivity index (χ0n) is 13.5. The van der Waals surface area contributed by atoms with Crippen molar-refractivity contribution in [2.24, 2.45) is 17.8 Å². The molecule has 3 atom stereocenters. The van der Waals surface area contributed by atoms with Gasteiger partial charge < -0.3 is 10.1 Å². The third kappa shape index (κ3) is 5.72. The van der Waals surface area contributed by atoms with Gasteiger partial charge in [0.15, 0.2) is 5.78 Å². The quantitative estimate of drug-likeness (QED) is 0.726.